The van der Waals surface area contributed by atoms with E-state index in [4.69, 9.17) is 5.73 Å². The van der Waals surface area contributed by atoms with Crippen LogP contribution >= 0.6 is 15.9 Å². The smallest absolute Gasteiger partial charge is 0.253 e. The number of hydrogen-bond acceptors (Lipinski definition) is 2. The summed E-state index contributed by atoms with van der Waals surface area (Å²) in [5, 5.41) is 0. The highest BCUT2D eigenvalue weighted by molar-refractivity contribution is 9.10. The van der Waals surface area contributed by atoms with Crippen molar-refractivity contribution in [3.63, 3.8) is 0 Å². The number of amides is 1. The fraction of sp³-hybridized carbons (Fsp3) is 0.500. The van der Waals surface area contributed by atoms with Crippen LogP contribution in [0.15, 0.2) is 22.7 Å². The molecule has 2 aliphatic rings. The monoisotopic (exact) mass is 308 g/mol. The Kier molecular flexibility index (Phi) is 3.06. The second-order valence-corrected chi connectivity index (χ2v) is 6.35. The molecule has 2 N–H and O–H groups in total. The maximum Gasteiger partial charge on any atom is 0.253 e. The van der Waals surface area contributed by atoms with Gasteiger partial charge in [0.2, 0.25) is 0 Å². The molecule has 3 nitrogen and oxygen atoms in total. The Labute approximate surface area is 115 Å². The van der Waals surface area contributed by atoms with Crippen LogP contribution in [0.4, 0.5) is 5.69 Å². The van der Waals surface area contributed by atoms with Crippen LogP contribution in [0.5, 0.6) is 0 Å². The van der Waals surface area contributed by atoms with Crippen LogP contribution in [0.1, 0.15) is 29.6 Å². The van der Waals surface area contributed by atoms with E-state index in [1.54, 1.807) is 6.07 Å². The quantitative estimate of drug-likeness (QED) is 0.811. The summed E-state index contributed by atoms with van der Waals surface area (Å²) in [6.45, 7) is 1.85. The second-order valence-electron chi connectivity index (χ2n) is 5.43. The number of likely N-dealkylation sites (tertiary alicyclic amines) is 1. The van der Waals surface area contributed by atoms with Crippen LogP contribution in [0.25, 0.3) is 0 Å². The molecule has 0 spiro atoms. The topological polar surface area (TPSA) is 46.3 Å². The average molecular weight is 309 g/mol. The molecule has 1 saturated carbocycles. The number of hydrogen-bond donors (Lipinski definition) is 1. The predicted molar refractivity (Wildman–Crippen MR) is 75.3 cm³/mol. The van der Waals surface area contributed by atoms with Crippen molar-refractivity contribution in [1.29, 1.82) is 0 Å². The lowest BCUT2D eigenvalue weighted by Crippen LogP contribution is -2.29. The van der Waals surface area contributed by atoms with Gasteiger partial charge in [0.25, 0.3) is 5.91 Å². The van der Waals surface area contributed by atoms with Crippen LogP contribution in [-0.4, -0.2) is 23.9 Å². The summed E-state index contributed by atoms with van der Waals surface area (Å²) in [5.74, 6) is 1.59. The van der Waals surface area contributed by atoms with Crippen molar-refractivity contribution in [3.05, 3.63) is 28.2 Å². The fourth-order valence-corrected chi connectivity index (χ4v) is 3.83. The van der Waals surface area contributed by atoms with Crippen LogP contribution in [-0.2, 0) is 0 Å². The average Bonchev–Trinajstić information content (AvgIpc) is 2.86. The van der Waals surface area contributed by atoms with Gasteiger partial charge in [0.1, 0.15) is 0 Å². The van der Waals surface area contributed by atoms with Gasteiger partial charge >= 0.3 is 0 Å². The number of halogens is 1. The van der Waals surface area contributed by atoms with Crippen LogP contribution in [0, 0.1) is 11.8 Å². The highest BCUT2D eigenvalue weighted by Crippen LogP contribution is 2.38. The molecule has 3 rings (SSSR count). The van der Waals surface area contributed by atoms with Gasteiger partial charge in [-0.2, -0.15) is 0 Å². The zero-order chi connectivity index (χ0) is 12.7. The fourth-order valence-electron chi connectivity index (χ4n) is 3.32. The Morgan fingerprint density at radius 1 is 1.22 bits per heavy atom. The molecule has 96 valence electrons. The lowest BCUT2D eigenvalue weighted by molar-refractivity contribution is 0.0780. The van der Waals surface area contributed by atoms with Gasteiger partial charge in [-0.05, 0) is 42.9 Å². The number of carbonyl (C=O) groups is 1. The number of rotatable bonds is 1. The van der Waals surface area contributed by atoms with E-state index in [0.29, 0.717) is 11.3 Å². The molecule has 0 bridgehead atoms. The third kappa shape index (κ3) is 2.14. The zero-order valence-electron chi connectivity index (χ0n) is 10.2. The van der Waals surface area contributed by atoms with Crippen LogP contribution in [0.3, 0.4) is 0 Å². The number of carbonyl (C=O) groups excluding carboxylic acids is 1. The lowest BCUT2D eigenvalue weighted by atomic mass is 10.0. The molecule has 1 aliphatic heterocycles. The molecule has 0 aromatic heterocycles. The zero-order valence-corrected chi connectivity index (χ0v) is 11.8. The Balaban J connectivity index is 1.78. The maximum absolute atomic E-state index is 12.4. The van der Waals surface area contributed by atoms with E-state index in [2.05, 4.69) is 15.9 Å². The van der Waals surface area contributed by atoms with Crippen molar-refractivity contribution in [2.75, 3.05) is 18.8 Å². The van der Waals surface area contributed by atoms with Crippen molar-refractivity contribution >= 4 is 27.5 Å². The van der Waals surface area contributed by atoms with Gasteiger partial charge in [0, 0.05) is 28.8 Å². The summed E-state index contributed by atoms with van der Waals surface area (Å²) in [4.78, 5) is 14.4. The molecule has 4 heteroatoms. The van der Waals surface area contributed by atoms with E-state index in [-0.39, 0.29) is 5.91 Å². The molecule has 1 aromatic carbocycles. The molecule has 1 heterocycles. The number of nitrogens with zero attached hydrogens (tertiary/aromatic N) is 1. The number of benzene rings is 1. The highest BCUT2D eigenvalue weighted by atomic mass is 79.9. The Morgan fingerprint density at radius 2 is 1.89 bits per heavy atom. The summed E-state index contributed by atoms with van der Waals surface area (Å²) in [6.07, 6.45) is 3.91. The van der Waals surface area contributed by atoms with E-state index >= 15 is 0 Å². The van der Waals surface area contributed by atoms with Gasteiger partial charge in [-0.1, -0.05) is 22.4 Å². The van der Waals surface area contributed by atoms with E-state index < -0.39 is 0 Å². The Hall–Kier alpha value is -1.03. The molecular weight excluding hydrogens is 292 g/mol. The van der Waals surface area contributed by atoms with Crippen LogP contribution in [0.2, 0.25) is 0 Å². The van der Waals surface area contributed by atoms with E-state index in [1.165, 1.54) is 19.3 Å². The third-order valence-corrected chi connectivity index (χ3v) is 4.64. The van der Waals surface area contributed by atoms with Gasteiger partial charge in [0.05, 0.1) is 0 Å². The minimum absolute atomic E-state index is 0.123. The Morgan fingerprint density at radius 3 is 2.50 bits per heavy atom. The molecular formula is C14H17BrN2O. The molecule has 1 amide bonds. The molecule has 1 aliphatic carbocycles. The largest absolute Gasteiger partial charge is 0.399 e. The normalized spacial score (nSPS) is 26.4. The summed E-state index contributed by atoms with van der Waals surface area (Å²) in [6, 6.07) is 5.43. The molecule has 2 fully saturated rings. The van der Waals surface area contributed by atoms with Crippen molar-refractivity contribution in [2.45, 2.75) is 19.3 Å². The van der Waals surface area contributed by atoms with Crippen molar-refractivity contribution in [3.8, 4) is 0 Å². The molecule has 2 unspecified atom stereocenters. The summed E-state index contributed by atoms with van der Waals surface area (Å²) in [7, 11) is 0. The number of anilines is 1. The predicted octanol–water partition coefficient (Wildman–Crippen LogP) is 2.90. The summed E-state index contributed by atoms with van der Waals surface area (Å²) in [5.41, 5.74) is 7.11. The molecule has 0 radical (unpaired) electrons. The van der Waals surface area contributed by atoms with Crippen LogP contribution < -0.4 is 5.73 Å². The second kappa shape index (κ2) is 4.57. The molecule has 2 atom stereocenters. The van der Waals surface area contributed by atoms with Crippen molar-refractivity contribution in [2.24, 2.45) is 11.8 Å². The maximum atomic E-state index is 12.4. The van der Waals surface area contributed by atoms with E-state index in [0.717, 1.165) is 29.4 Å². The minimum Gasteiger partial charge on any atom is -0.399 e. The SMILES string of the molecule is Nc1cc(Br)cc(C(=O)N2CC3CCCC3C2)c1. The standard InChI is InChI=1S/C14H17BrN2O/c15-12-4-11(5-13(16)6-12)14(18)17-7-9-2-1-3-10(9)8-17/h4-6,9-10H,1-3,7-8,16H2. The first kappa shape index (κ1) is 12.0. The lowest BCUT2D eigenvalue weighted by Gasteiger charge is -2.17. The van der Waals surface area contributed by atoms with Gasteiger partial charge < -0.3 is 10.6 Å². The first-order valence-corrected chi connectivity index (χ1v) is 7.28. The third-order valence-electron chi connectivity index (χ3n) is 4.18. The number of fused-ring (bicyclic) bond motifs is 1. The number of nitrogen functional groups attached to an aromatic ring is 1. The van der Waals surface area contributed by atoms with Gasteiger partial charge in [-0.15, -0.1) is 0 Å². The Bertz CT molecular complexity index is 456. The van der Waals surface area contributed by atoms with Crippen molar-refractivity contribution < 1.29 is 4.79 Å². The molecule has 1 saturated heterocycles. The van der Waals surface area contributed by atoms with Gasteiger partial charge in [-0.3, -0.25) is 4.79 Å². The molecule has 18 heavy (non-hydrogen) atoms. The van der Waals surface area contributed by atoms with E-state index in [1.807, 2.05) is 17.0 Å². The first-order chi connectivity index (χ1) is 8.63. The minimum atomic E-state index is 0.123. The highest BCUT2D eigenvalue weighted by Gasteiger charge is 2.38. The first-order valence-electron chi connectivity index (χ1n) is 6.49. The van der Waals surface area contributed by atoms with Crippen molar-refractivity contribution in [1.82, 2.24) is 4.90 Å². The van der Waals surface area contributed by atoms with Gasteiger partial charge in [0.15, 0.2) is 0 Å². The molecule has 1 aromatic rings. The van der Waals surface area contributed by atoms with Gasteiger partial charge in [-0.25, -0.2) is 0 Å². The number of nitrogens with two attached hydrogens (primary N) is 1. The summed E-state index contributed by atoms with van der Waals surface area (Å²) < 4.78 is 0.866. The van der Waals surface area contributed by atoms with E-state index in [9.17, 15) is 4.79 Å². The summed E-state index contributed by atoms with van der Waals surface area (Å²) >= 11 is 3.39.